The smallest absolute Gasteiger partial charge is 0.224 e. The quantitative estimate of drug-likeness (QED) is 0.786. The van der Waals surface area contributed by atoms with Crippen LogP contribution in [0.3, 0.4) is 0 Å². The second-order valence-electron chi connectivity index (χ2n) is 5.72. The van der Waals surface area contributed by atoms with Crippen LogP contribution >= 0.6 is 0 Å². The lowest BCUT2D eigenvalue weighted by atomic mass is 10.1. The maximum absolute atomic E-state index is 13.2. The van der Waals surface area contributed by atoms with Crippen LogP contribution in [0.4, 0.5) is 4.39 Å². The molecule has 0 saturated carbocycles. The van der Waals surface area contributed by atoms with Crippen LogP contribution in [-0.2, 0) is 24.8 Å². The third kappa shape index (κ3) is 3.11. The van der Waals surface area contributed by atoms with Crippen LogP contribution in [0, 0.1) is 12.7 Å². The summed E-state index contributed by atoms with van der Waals surface area (Å²) in [6.07, 6.45) is 0.182. The van der Waals surface area contributed by atoms with Crippen molar-refractivity contribution in [3.05, 3.63) is 71.2 Å². The number of nitrogens with one attached hydrogen (secondary N) is 1. The summed E-state index contributed by atoms with van der Waals surface area (Å²) in [6, 6.07) is 14.3. The molecule has 0 aliphatic carbocycles. The van der Waals surface area contributed by atoms with Gasteiger partial charge in [-0.15, -0.1) is 0 Å². The lowest BCUT2D eigenvalue weighted by Crippen LogP contribution is -2.24. The summed E-state index contributed by atoms with van der Waals surface area (Å²) in [7, 11) is 2.02. The molecule has 118 valence electrons. The summed E-state index contributed by atoms with van der Waals surface area (Å²) >= 11 is 0. The topological polar surface area (TPSA) is 34.0 Å². The minimum Gasteiger partial charge on any atom is -0.352 e. The Bertz CT molecular complexity index is 867. The van der Waals surface area contributed by atoms with Gasteiger partial charge in [0.2, 0.25) is 5.91 Å². The predicted octanol–water partition coefficient (Wildman–Crippen LogP) is 3.48. The Labute approximate surface area is 134 Å². The number of fused-ring (bicyclic) bond motifs is 1. The largest absolute Gasteiger partial charge is 0.352 e. The van der Waals surface area contributed by atoms with Crippen LogP contribution in [0.5, 0.6) is 0 Å². The third-order valence-corrected chi connectivity index (χ3v) is 4.25. The molecule has 3 aromatic rings. The van der Waals surface area contributed by atoms with Gasteiger partial charge < -0.3 is 9.88 Å². The van der Waals surface area contributed by atoms with Gasteiger partial charge in [0.05, 0.1) is 6.42 Å². The number of para-hydroxylation sites is 1. The summed E-state index contributed by atoms with van der Waals surface area (Å²) in [5, 5.41) is 4.09. The number of benzene rings is 2. The number of carbonyl (C=O) groups excluding carboxylic acids is 1. The van der Waals surface area contributed by atoms with Crippen LogP contribution < -0.4 is 5.32 Å². The molecular formula is C19H19FN2O. The second-order valence-corrected chi connectivity index (χ2v) is 5.72. The van der Waals surface area contributed by atoms with E-state index >= 15 is 0 Å². The number of carbonyl (C=O) groups is 1. The normalized spacial score (nSPS) is 10.9. The van der Waals surface area contributed by atoms with Crippen molar-refractivity contribution in [2.24, 2.45) is 7.05 Å². The number of aromatic nitrogens is 1. The van der Waals surface area contributed by atoms with Crippen molar-refractivity contribution in [2.75, 3.05) is 0 Å². The first-order chi connectivity index (χ1) is 11.1. The van der Waals surface area contributed by atoms with Crippen LogP contribution in [0.1, 0.15) is 16.8 Å². The van der Waals surface area contributed by atoms with Gasteiger partial charge in [0, 0.05) is 30.2 Å². The van der Waals surface area contributed by atoms with Crippen molar-refractivity contribution in [2.45, 2.75) is 19.9 Å². The number of hydrogen-bond acceptors (Lipinski definition) is 1. The molecule has 1 heterocycles. The molecule has 0 radical (unpaired) electrons. The first-order valence-electron chi connectivity index (χ1n) is 7.60. The third-order valence-electron chi connectivity index (χ3n) is 4.25. The van der Waals surface area contributed by atoms with Crippen molar-refractivity contribution in [3.63, 3.8) is 0 Å². The Balaban J connectivity index is 1.73. The molecule has 1 N–H and O–H groups in total. The molecule has 0 aliphatic rings. The highest BCUT2D eigenvalue weighted by atomic mass is 19.1. The standard InChI is InChI=1S/C19H19FN2O/c1-13-17(16-8-3-4-9-18(16)22(13)2)12-21-19(23)11-14-6-5-7-15(20)10-14/h3-10H,11-12H2,1-2H3,(H,21,23). The fraction of sp³-hybridized carbons (Fsp3) is 0.211. The van der Waals surface area contributed by atoms with Crippen molar-refractivity contribution >= 4 is 16.8 Å². The van der Waals surface area contributed by atoms with Gasteiger partial charge in [-0.3, -0.25) is 4.79 Å². The van der Waals surface area contributed by atoms with Gasteiger partial charge >= 0.3 is 0 Å². The van der Waals surface area contributed by atoms with E-state index in [0.717, 1.165) is 22.2 Å². The number of nitrogens with zero attached hydrogens (tertiary/aromatic N) is 1. The first kappa shape index (κ1) is 15.3. The maximum Gasteiger partial charge on any atom is 0.224 e. The van der Waals surface area contributed by atoms with E-state index in [-0.39, 0.29) is 18.1 Å². The molecule has 0 bridgehead atoms. The van der Waals surface area contributed by atoms with Gasteiger partial charge in [-0.1, -0.05) is 30.3 Å². The highest BCUT2D eigenvalue weighted by Crippen LogP contribution is 2.24. The highest BCUT2D eigenvalue weighted by molar-refractivity contribution is 5.86. The Morgan fingerprint density at radius 3 is 2.74 bits per heavy atom. The Hall–Kier alpha value is -2.62. The van der Waals surface area contributed by atoms with Crippen LogP contribution in [0.15, 0.2) is 48.5 Å². The fourth-order valence-electron chi connectivity index (χ4n) is 2.90. The highest BCUT2D eigenvalue weighted by Gasteiger charge is 2.12. The molecular weight excluding hydrogens is 291 g/mol. The second kappa shape index (κ2) is 6.24. The molecule has 3 rings (SSSR count). The predicted molar refractivity (Wildman–Crippen MR) is 89.6 cm³/mol. The van der Waals surface area contributed by atoms with Gasteiger partial charge in [0.1, 0.15) is 5.82 Å². The van der Waals surface area contributed by atoms with E-state index in [1.807, 2.05) is 26.1 Å². The van der Waals surface area contributed by atoms with Gasteiger partial charge in [-0.05, 0) is 36.2 Å². The zero-order chi connectivity index (χ0) is 16.4. The molecule has 0 spiro atoms. The summed E-state index contributed by atoms with van der Waals surface area (Å²) in [6.45, 7) is 2.52. The average Bonchev–Trinajstić information content (AvgIpc) is 2.77. The lowest BCUT2D eigenvalue weighted by Gasteiger charge is -2.07. The minimum atomic E-state index is -0.319. The van der Waals surface area contributed by atoms with Gasteiger partial charge in [0.15, 0.2) is 0 Å². The monoisotopic (exact) mass is 310 g/mol. The van der Waals surface area contributed by atoms with Gasteiger partial charge in [-0.2, -0.15) is 0 Å². The van der Waals surface area contributed by atoms with Crippen LogP contribution in [0.2, 0.25) is 0 Å². The molecule has 4 heteroatoms. The number of rotatable bonds is 4. The SMILES string of the molecule is Cc1c(CNC(=O)Cc2cccc(F)c2)c2ccccc2n1C. The van der Waals surface area contributed by atoms with Crippen molar-refractivity contribution in [3.8, 4) is 0 Å². The Morgan fingerprint density at radius 1 is 1.17 bits per heavy atom. The molecule has 1 amide bonds. The van der Waals surface area contributed by atoms with E-state index in [9.17, 15) is 9.18 Å². The van der Waals surface area contributed by atoms with E-state index in [2.05, 4.69) is 22.0 Å². The minimum absolute atomic E-state index is 0.108. The van der Waals surface area contributed by atoms with Crippen molar-refractivity contribution < 1.29 is 9.18 Å². The number of amides is 1. The molecule has 0 unspecified atom stereocenters. The van der Waals surface area contributed by atoms with E-state index in [0.29, 0.717) is 12.1 Å². The fourth-order valence-corrected chi connectivity index (χ4v) is 2.90. The molecule has 0 atom stereocenters. The number of aryl methyl sites for hydroxylation is 1. The zero-order valence-corrected chi connectivity index (χ0v) is 13.3. The van der Waals surface area contributed by atoms with E-state index in [1.54, 1.807) is 12.1 Å². The maximum atomic E-state index is 13.2. The number of halogens is 1. The van der Waals surface area contributed by atoms with E-state index in [1.165, 1.54) is 12.1 Å². The van der Waals surface area contributed by atoms with Crippen molar-refractivity contribution in [1.82, 2.24) is 9.88 Å². The molecule has 23 heavy (non-hydrogen) atoms. The molecule has 1 aromatic heterocycles. The number of hydrogen-bond donors (Lipinski definition) is 1. The van der Waals surface area contributed by atoms with Crippen LogP contribution in [-0.4, -0.2) is 10.5 Å². The average molecular weight is 310 g/mol. The summed E-state index contributed by atoms with van der Waals surface area (Å²) in [5.41, 5.74) is 4.09. The Kier molecular flexibility index (Phi) is 4.15. The van der Waals surface area contributed by atoms with Gasteiger partial charge in [0.25, 0.3) is 0 Å². The zero-order valence-electron chi connectivity index (χ0n) is 13.3. The molecule has 0 saturated heterocycles. The molecule has 2 aromatic carbocycles. The molecule has 0 fully saturated rings. The lowest BCUT2D eigenvalue weighted by molar-refractivity contribution is -0.120. The Morgan fingerprint density at radius 2 is 1.96 bits per heavy atom. The van der Waals surface area contributed by atoms with E-state index in [4.69, 9.17) is 0 Å². The van der Waals surface area contributed by atoms with E-state index < -0.39 is 0 Å². The first-order valence-corrected chi connectivity index (χ1v) is 7.60. The summed E-state index contributed by atoms with van der Waals surface area (Å²) < 4.78 is 15.3. The van der Waals surface area contributed by atoms with Crippen LogP contribution in [0.25, 0.3) is 10.9 Å². The summed E-state index contributed by atoms with van der Waals surface area (Å²) in [5.74, 6) is -0.428. The van der Waals surface area contributed by atoms with Crippen molar-refractivity contribution in [1.29, 1.82) is 0 Å². The molecule has 3 nitrogen and oxygen atoms in total. The summed E-state index contributed by atoms with van der Waals surface area (Å²) in [4.78, 5) is 12.1. The molecule has 0 aliphatic heterocycles. The van der Waals surface area contributed by atoms with Gasteiger partial charge in [-0.25, -0.2) is 4.39 Å².